The number of aryl methyl sites for hydroxylation is 1. The van der Waals surface area contributed by atoms with Crippen LogP contribution >= 0.6 is 0 Å². The Morgan fingerprint density at radius 3 is 2.44 bits per heavy atom. The number of likely N-dealkylation sites (N-methyl/N-ethyl adjacent to an activating group) is 1. The third-order valence-electron chi connectivity index (χ3n) is 3.84. The lowest BCUT2D eigenvalue weighted by Crippen LogP contribution is -2.49. The second kappa shape index (κ2) is 11.5. The molecular weight excluding hydrogens is 352 g/mol. The van der Waals surface area contributed by atoms with E-state index in [0.29, 0.717) is 6.42 Å². The molecule has 0 unspecified atom stereocenters. The molecule has 0 heterocycles. The monoisotopic (exact) mass is 378 g/mol. The molecule has 0 bridgehead atoms. The van der Waals surface area contributed by atoms with Gasteiger partial charge in [0.1, 0.15) is 6.04 Å². The molecule has 0 spiro atoms. The number of hydrogen-bond donors (Lipinski definition) is 4. The lowest BCUT2D eigenvalue weighted by molar-refractivity contribution is -0.131. The van der Waals surface area contributed by atoms with Crippen molar-refractivity contribution in [1.82, 2.24) is 15.5 Å². The molecule has 5 N–H and O–H groups in total. The Kier molecular flexibility index (Phi) is 9.35. The van der Waals surface area contributed by atoms with Crippen LogP contribution in [-0.4, -0.2) is 60.0 Å². The van der Waals surface area contributed by atoms with Crippen molar-refractivity contribution in [3.8, 4) is 0 Å². The highest BCUT2D eigenvalue weighted by Gasteiger charge is 2.22. The van der Waals surface area contributed by atoms with Gasteiger partial charge in [-0.15, -0.1) is 0 Å². The third kappa shape index (κ3) is 9.24. The summed E-state index contributed by atoms with van der Waals surface area (Å²) in [5, 5.41) is 13.8. The number of amides is 4. The predicted octanol–water partition coefficient (Wildman–Crippen LogP) is 0.0955. The van der Waals surface area contributed by atoms with Crippen LogP contribution in [0.1, 0.15) is 24.8 Å². The van der Waals surface area contributed by atoms with Crippen molar-refractivity contribution in [3.05, 3.63) is 35.9 Å². The first kappa shape index (κ1) is 21.9. The van der Waals surface area contributed by atoms with Gasteiger partial charge in [-0.3, -0.25) is 14.4 Å². The molecule has 1 rings (SSSR count). The molecule has 0 aromatic heterocycles. The van der Waals surface area contributed by atoms with Crippen LogP contribution in [0.3, 0.4) is 0 Å². The molecule has 0 fully saturated rings. The largest absolute Gasteiger partial charge is 0.465 e. The van der Waals surface area contributed by atoms with Gasteiger partial charge >= 0.3 is 6.09 Å². The zero-order valence-corrected chi connectivity index (χ0v) is 15.3. The summed E-state index contributed by atoms with van der Waals surface area (Å²) in [6.45, 7) is 0.135. The van der Waals surface area contributed by atoms with Gasteiger partial charge in [-0.1, -0.05) is 30.3 Å². The Balaban J connectivity index is 2.45. The maximum absolute atomic E-state index is 12.2. The van der Waals surface area contributed by atoms with Crippen LogP contribution in [0.2, 0.25) is 0 Å². The zero-order valence-electron chi connectivity index (χ0n) is 15.3. The number of nitrogens with two attached hydrogens (primary N) is 1. The molecule has 148 valence electrons. The van der Waals surface area contributed by atoms with Gasteiger partial charge in [0.25, 0.3) is 0 Å². The van der Waals surface area contributed by atoms with Gasteiger partial charge in [0.15, 0.2) is 0 Å². The number of primary amides is 1. The molecule has 9 nitrogen and oxygen atoms in total. The maximum atomic E-state index is 12.2. The van der Waals surface area contributed by atoms with E-state index in [2.05, 4.69) is 10.6 Å². The summed E-state index contributed by atoms with van der Waals surface area (Å²) in [6, 6.07) is 8.61. The fraction of sp³-hybridized carbons (Fsp3) is 0.444. The average molecular weight is 378 g/mol. The van der Waals surface area contributed by atoms with Crippen LogP contribution in [0, 0.1) is 0 Å². The number of nitrogens with one attached hydrogen (secondary N) is 2. The highest BCUT2D eigenvalue weighted by Crippen LogP contribution is 2.05. The molecule has 1 aromatic carbocycles. The highest BCUT2D eigenvalue weighted by molar-refractivity contribution is 5.91. The van der Waals surface area contributed by atoms with E-state index in [1.807, 2.05) is 30.3 Å². The summed E-state index contributed by atoms with van der Waals surface area (Å²) in [5.41, 5.74) is 6.25. The smallest absolute Gasteiger partial charge is 0.407 e. The van der Waals surface area contributed by atoms with Crippen molar-refractivity contribution in [2.75, 3.05) is 20.1 Å². The molecule has 0 aliphatic heterocycles. The molecule has 9 heteroatoms. The van der Waals surface area contributed by atoms with Crippen LogP contribution in [0.15, 0.2) is 30.3 Å². The van der Waals surface area contributed by atoms with E-state index in [0.717, 1.165) is 16.9 Å². The van der Waals surface area contributed by atoms with Crippen molar-refractivity contribution in [2.45, 2.75) is 31.7 Å². The second-order valence-electron chi connectivity index (χ2n) is 6.12. The standard InChI is InChI=1S/C18H26N4O5/c1-22(18(26)27)11-10-20-17(25)14(12-15(19)23)21-16(24)9-5-8-13-6-3-2-4-7-13/h2-4,6-7,14H,5,8-12H2,1H3,(H2,19,23)(H,20,25)(H,21,24)(H,26,27)/t14-/m1/s1. The van der Waals surface area contributed by atoms with E-state index < -0.39 is 23.9 Å². The van der Waals surface area contributed by atoms with Crippen LogP contribution in [-0.2, 0) is 20.8 Å². The van der Waals surface area contributed by atoms with Gasteiger partial charge in [-0.05, 0) is 18.4 Å². The van der Waals surface area contributed by atoms with E-state index in [4.69, 9.17) is 10.8 Å². The number of nitrogens with zero attached hydrogens (tertiary/aromatic N) is 1. The Labute approximate surface area is 157 Å². The Morgan fingerprint density at radius 1 is 1.19 bits per heavy atom. The summed E-state index contributed by atoms with van der Waals surface area (Å²) in [6.07, 6.45) is 0.0845. The predicted molar refractivity (Wildman–Crippen MR) is 98.8 cm³/mol. The van der Waals surface area contributed by atoms with E-state index in [1.165, 1.54) is 7.05 Å². The number of carbonyl (C=O) groups is 4. The highest BCUT2D eigenvalue weighted by atomic mass is 16.4. The fourth-order valence-corrected chi connectivity index (χ4v) is 2.34. The van der Waals surface area contributed by atoms with E-state index in [1.54, 1.807) is 0 Å². The van der Waals surface area contributed by atoms with Gasteiger partial charge in [-0.2, -0.15) is 0 Å². The first-order valence-electron chi connectivity index (χ1n) is 8.63. The van der Waals surface area contributed by atoms with Crippen LogP contribution in [0.5, 0.6) is 0 Å². The average Bonchev–Trinajstić information content (AvgIpc) is 2.61. The van der Waals surface area contributed by atoms with Crippen LogP contribution < -0.4 is 16.4 Å². The first-order chi connectivity index (χ1) is 12.8. The first-order valence-corrected chi connectivity index (χ1v) is 8.63. The minimum Gasteiger partial charge on any atom is -0.465 e. The lowest BCUT2D eigenvalue weighted by Gasteiger charge is -2.18. The molecule has 4 amide bonds. The zero-order chi connectivity index (χ0) is 20.2. The normalized spacial score (nSPS) is 11.3. The Bertz CT molecular complexity index is 650. The molecule has 0 aliphatic carbocycles. The van der Waals surface area contributed by atoms with Gasteiger partial charge < -0.3 is 26.4 Å². The summed E-state index contributed by atoms with van der Waals surface area (Å²) < 4.78 is 0. The SMILES string of the molecule is CN(CCNC(=O)[C@@H](CC(N)=O)NC(=O)CCCc1ccccc1)C(=O)O. The maximum Gasteiger partial charge on any atom is 0.407 e. The minimum absolute atomic E-state index is 0.0563. The second-order valence-corrected chi connectivity index (χ2v) is 6.12. The van der Waals surface area contributed by atoms with Crippen molar-refractivity contribution >= 4 is 23.8 Å². The molecule has 0 saturated carbocycles. The molecule has 0 radical (unpaired) electrons. The number of hydrogen-bond acceptors (Lipinski definition) is 4. The molecule has 0 aliphatic rings. The Morgan fingerprint density at radius 2 is 1.85 bits per heavy atom. The summed E-state index contributed by atoms with van der Waals surface area (Å²) in [7, 11) is 1.36. The summed E-state index contributed by atoms with van der Waals surface area (Å²) in [5.74, 6) is -1.65. The van der Waals surface area contributed by atoms with Gasteiger partial charge in [0, 0.05) is 26.6 Å². The molecule has 1 atom stereocenters. The summed E-state index contributed by atoms with van der Waals surface area (Å²) >= 11 is 0. The number of rotatable bonds is 11. The third-order valence-corrected chi connectivity index (χ3v) is 3.84. The van der Waals surface area contributed by atoms with E-state index >= 15 is 0 Å². The summed E-state index contributed by atoms with van der Waals surface area (Å²) in [4.78, 5) is 47.1. The number of carbonyl (C=O) groups excluding carboxylic acids is 3. The van der Waals surface area contributed by atoms with Crippen LogP contribution in [0.25, 0.3) is 0 Å². The van der Waals surface area contributed by atoms with Gasteiger partial charge in [-0.25, -0.2) is 4.79 Å². The van der Waals surface area contributed by atoms with E-state index in [-0.39, 0.29) is 31.8 Å². The fourth-order valence-electron chi connectivity index (χ4n) is 2.34. The van der Waals surface area contributed by atoms with E-state index in [9.17, 15) is 19.2 Å². The molecule has 1 aromatic rings. The number of carboxylic acid groups (broad SMARTS) is 1. The van der Waals surface area contributed by atoms with Crippen molar-refractivity contribution in [1.29, 1.82) is 0 Å². The lowest BCUT2D eigenvalue weighted by atomic mass is 10.1. The molecular formula is C18H26N4O5. The van der Waals surface area contributed by atoms with Crippen molar-refractivity contribution in [2.24, 2.45) is 5.73 Å². The van der Waals surface area contributed by atoms with Crippen molar-refractivity contribution < 1.29 is 24.3 Å². The molecule has 27 heavy (non-hydrogen) atoms. The minimum atomic E-state index is -1.12. The molecule has 0 saturated heterocycles. The Hall–Kier alpha value is -3.10. The van der Waals surface area contributed by atoms with Gasteiger partial charge in [0.05, 0.1) is 6.42 Å². The van der Waals surface area contributed by atoms with Crippen LogP contribution in [0.4, 0.5) is 4.79 Å². The van der Waals surface area contributed by atoms with Gasteiger partial charge in [0.2, 0.25) is 17.7 Å². The van der Waals surface area contributed by atoms with Crippen molar-refractivity contribution in [3.63, 3.8) is 0 Å². The quantitative estimate of drug-likeness (QED) is 0.432. The topological polar surface area (TPSA) is 142 Å². The number of benzene rings is 1.